The Bertz CT molecular complexity index is 1200. The minimum atomic E-state index is -0.421. The lowest BCUT2D eigenvalue weighted by atomic mass is 10.0. The van der Waals surface area contributed by atoms with E-state index in [1.54, 1.807) is 4.57 Å². The van der Waals surface area contributed by atoms with Crippen LogP contribution >= 0.6 is 11.6 Å². The first-order valence-electron chi connectivity index (χ1n) is 11.1. The van der Waals surface area contributed by atoms with Crippen molar-refractivity contribution in [3.63, 3.8) is 0 Å². The van der Waals surface area contributed by atoms with Crippen LogP contribution in [0.3, 0.4) is 0 Å². The van der Waals surface area contributed by atoms with Gasteiger partial charge in [-0.15, -0.1) is 0 Å². The normalized spacial score (nSPS) is 11.3. The Kier molecular flexibility index (Phi) is 6.90. The van der Waals surface area contributed by atoms with E-state index in [9.17, 15) is 9.90 Å². The number of aromatic nitrogens is 4. The van der Waals surface area contributed by atoms with Gasteiger partial charge in [-0.2, -0.15) is 4.98 Å². The zero-order valence-electron chi connectivity index (χ0n) is 18.1. The molecule has 4 rings (SSSR count). The molecule has 7 heteroatoms. The van der Waals surface area contributed by atoms with Gasteiger partial charge in [-0.3, -0.25) is 4.57 Å². The second-order valence-electron chi connectivity index (χ2n) is 7.93. The zero-order valence-corrected chi connectivity index (χ0v) is 18.9. The molecule has 2 aliphatic heterocycles. The van der Waals surface area contributed by atoms with Crippen molar-refractivity contribution in [2.75, 3.05) is 0 Å². The van der Waals surface area contributed by atoms with Crippen LogP contribution in [0.1, 0.15) is 38.2 Å². The maximum atomic E-state index is 13.1. The van der Waals surface area contributed by atoms with Crippen molar-refractivity contribution >= 4 is 11.6 Å². The number of hydrogen-bond donors (Lipinski definition) is 0. The molecule has 0 saturated heterocycles. The summed E-state index contributed by atoms with van der Waals surface area (Å²) in [6.07, 6.45) is 4.30. The van der Waals surface area contributed by atoms with Gasteiger partial charge >= 0.3 is 5.69 Å². The maximum absolute atomic E-state index is 13.1. The Morgan fingerprint density at radius 1 is 0.875 bits per heavy atom. The van der Waals surface area contributed by atoms with Crippen molar-refractivity contribution in [3.8, 4) is 28.5 Å². The van der Waals surface area contributed by atoms with Gasteiger partial charge in [0.05, 0.1) is 0 Å². The molecule has 2 aromatic carbocycles. The van der Waals surface area contributed by atoms with E-state index in [0.717, 1.165) is 31.2 Å². The molecule has 0 aliphatic carbocycles. The number of benzene rings is 2. The van der Waals surface area contributed by atoms with Crippen molar-refractivity contribution in [2.45, 2.75) is 52.1 Å². The van der Waals surface area contributed by atoms with Crippen molar-refractivity contribution in [1.82, 2.24) is 19.1 Å². The third-order valence-electron chi connectivity index (χ3n) is 5.67. The Morgan fingerprint density at radius 3 is 2.28 bits per heavy atom. The summed E-state index contributed by atoms with van der Waals surface area (Å²) in [5, 5.41) is 12.9. The molecule has 0 aromatic heterocycles. The predicted molar refractivity (Wildman–Crippen MR) is 125 cm³/mol. The highest BCUT2D eigenvalue weighted by Gasteiger charge is 2.20. The summed E-state index contributed by atoms with van der Waals surface area (Å²) in [7, 11) is 0. The van der Waals surface area contributed by atoms with E-state index in [1.165, 1.54) is 15.7 Å². The fourth-order valence-electron chi connectivity index (χ4n) is 3.94. The van der Waals surface area contributed by atoms with Crippen LogP contribution in [0.2, 0.25) is 5.28 Å². The minimum Gasteiger partial charge on any atom is -0.858 e. The number of rotatable bonds is 9. The molecule has 0 unspecified atom stereocenters. The van der Waals surface area contributed by atoms with E-state index in [1.807, 2.05) is 18.2 Å². The standard InChI is InChI=1S/C25H27ClN4O2/c1-2-3-7-16-29-22-21(27-24(26)28-22)23(31)30(25(29)32)17-8-9-18-12-14-20(15-13-18)19-10-5-4-6-11-19/h4-6,10-15,31H,2-3,7-9,16-17H2,1H3/p-1. The average molecular weight is 450 g/mol. The molecule has 32 heavy (non-hydrogen) atoms. The first-order chi connectivity index (χ1) is 15.6. The van der Waals surface area contributed by atoms with Crippen molar-refractivity contribution in [2.24, 2.45) is 0 Å². The molecule has 0 spiro atoms. The molecule has 0 saturated carbocycles. The highest BCUT2D eigenvalue weighted by atomic mass is 35.5. The van der Waals surface area contributed by atoms with Crippen LogP contribution in [0, 0.1) is 0 Å². The van der Waals surface area contributed by atoms with E-state index in [4.69, 9.17) is 11.6 Å². The zero-order chi connectivity index (χ0) is 22.5. The van der Waals surface area contributed by atoms with Crippen molar-refractivity contribution in [3.05, 3.63) is 75.9 Å². The number of unbranched alkanes of at least 4 members (excludes halogenated alkanes) is 2. The molecular weight excluding hydrogens is 424 g/mol. The summed E-state index contributed by atoms with van der Waals surface area (Å²) in [4.78, 5) is 21.3. The number of halogens is 1. The molecule has 166 valence electrons. The lowest BCUT2D eigenvalue weighted by Crippen LogP contribution is -2.35. The van der Waals surface area contributed by atoms with Gasteiger partial charge < -0.3 is 9.67 Å². The lowest BCUT2D eigenvalue weighted by Gasteiger charge is -2.22. The van der Waals surface area contributed by atoms with Crippen LogP contribution in [-0.2, 0) is 19.5 Å². The average Bonchev–Trinajstić information content (AvgIpc) is 3.21. The monoisotopic (exact) mass is 449 g/mol. The fourth-order valence-corrected chi connectivity index (χ4v) is 4.11. The first kappa shape index (κ1) is 22.1. The number of fused-ring (bicyclic) bond motifs is 1. The van der Waals surface area contributed by atoms with E-state index < -0.39 is 5.88 Å². The Balaban J connectivity index is 1.50. The summed E-state index contributed by atoms with van der Waals surface area (Å²) >= 11 is 5.95. The molecule has 2 heterocycles. The minimum absolute atomic E-state index is 0.00278. The van der Waals surface area contributed by atoms with Gasteiger partial charge in [-0.05, 0) is 53.4 Å². The van der Waals surface area contributed by atoms with Crippen LogP contribution in [0.4, 0.5) is 0 Å². The molecule has 2 aliphatic rings. The predicted octanol–water partition coefficient (Wildman–Crippen LogP) is 4.76. The van der Waals surface area contributed by atoms with Crippen molar-refractivity contribution < 1.29 is 5.11 Å². The van der Waals surface area contributed by atoms with E-state index >= 15 is 0 Å². The lowest BCUT2D eigenvalue weighted by molar-refractivity contribution is -0.279. The summed E-state index contributed by atoms with van der Waals surface area (Å²) < 4.78 is 2.82. The van der Waals surface area contributed by atoms with Gasteiger partial charge in [0.2, 0.25) is 5.28 Å². The summed E-state index contributed by atoms with van der Waals surface area (Å²) in [5.41, 5.74) is 3.33. The van der Waals surface area contributed by atoms with Crippen LogP contribution in [-0.4, -0.2) is 19.1 Å². The number of imidazole rings is 1. The van der Waals surface area contributed by atoms with Gasteiger partial charge in [0, 0.05) is 13.1 Å². The largest absolute Gasteiger partial charge is 0.858 e. The second kappa shape index (κ2) is 10.0. The van der Waals surface area contributed by atoms with Gasteiger partial charge in [-0.25, -0.2) is 9.78 Å². The number of nitrogens with zero attached hydrogens (tertiary/aromatic N) is 4. The molecule has 0 radical (unpaired) electrons. The summed E-state index contributed by atoms with van der Waals surface area (Å²) in [6.45, 7) is 2.93. The topological polar surface area (TPSA) is 75.8 Å². The molecular formula is C25H26ClN4O2-. The highest BCUT2D eigenvalue weighted by Crippen LogP contribution is 2.27. The van der Waals surface area contributed by atoms with Gasteiger partial charge in [0.1, 0.15) is 5.69 Å². The first-order valence-corrected chi connectivity index (χ1v) is 11.4. The van der Waals surface area contributed by atoms with E-state index in [0.29, 0.717) is 19.5 Å². The molecule has 6 nitrogen and oxygen atoms in total. The van der Waals surface area contributed by atoms with Crippen LogP contribution in [0.5, 0.6) is 5.88 Å². The number of hydrogen-bond acceptors (Lipinski definition) is 4. The van der Waals surface area contributed by atoms with Crippen LogP contribution < -0.4 is 10.8 Å². The molecule has 0 fully saturated rings. The second-order valence-corrected chi connectivity index (χ2v) is 8.27. The molecule has 0 atom stereocenters. The van der Waals surface area contributed by atoms with Gasteiger partial charge in [-0.1, -0.05) is 74.4 Å². The molecule has 0 bridgehead atoms. The summed E-state index contributed by atoms with van der Waals surface area (Å²) in [5.74, 6) is -0.135. The van der Waals surface area contributed by atoms with Crippen LogP contribution in [0.15, 0.2) is 59.4 Å². The smallest absolute Gasteiger partial charge is 0.329 e. The van der Waals surface area contributed by atoms with Crippen LogP contribution in [0.25, 0.3) is 22.6 Å². The molecule has 0 N–H and O–H groups in total. The molecule has 0 amide bonds. The maximum Gasteiger partial charge on any atom is 0.329 e. The SMILES string of the molecule is CCCCCn1c2nc(Cl)nc-2c([O-])n(CCCc2ccc(-c3ccccc3)cc2)c1=O. The van der Waals surface area contributed by atoms with E-state index in [-0.39, 0.29) is 22.5 Å². The van der Waals surface area contributed by atoms with Crippen molar-refractivity contribution in [1.29, 1.82) is 0 Å². The quantitative estimate of drug-likeness (QED) is 0.272. The third-order valence-corrected chi connectivity index (χ3v) is 5.84. The van der Waals surface area contributed by atoms with Gasteiger partial charge in [0.25, 0.3) is 0 Å². The fraction of sp³-hybridized carbons (Fsp3) is 0.320. The number of aryl methyl sites for hydroxylation is 1. The Labute approximate surface area is 192 Å². The Morgan fingerprint density at radius 2 is 1.56 bits per heavy atom. The van der Waals surface area contributed by atoms with Gasteiger partial charge in [0.15, 0.2) is 5.82 Å². The highest BCUT2D eigenvalue weighted by molar-refractivity contribution is 6.28. The summed E-state index contributed by atoms with van der Waals surface area (Å²) in [6, 6.07) is 18.6. The Hall–Kier alpha value is -3.12. The molecule has 2 aromatic rings. The van der Waals surface area contributed by atoms with E-state index in [2.05, 4.69) is 53.3 Å². The third kappa shape index (κ3) is 4.70.